The molecule has 0 aliphatic carbocycles. The summed E-state index contributed by atoms with van der Waals surface area (Å²) in [5.74, 6) is 1.69. The normalized spacial score (nSPS) is 21.7. The Morgan fingerprint density at radius 3 is 3.04 bits per heavy atom. The second-order valence-corrected chi connectivity index (χ2v) is 6.68. The van der Waals surface area contributed by atoms with E-state index in [0.717, 1.165) is 49.5 Å². The SMILES string of the molecule is CCOc1cc2c(cc1CNC(=O)CNCC1CCCO1)OC(C)C2. The molecule has 2 aliphatic rings. The van der Waals surface area contributed by atoms with Crippen LogP contribution in [0.4, 0.5) is 0 Å². The first kappa shape index (κ1) is 18.0. The molecule has 1 fully saturated rings. The van der Waals surface area contributed by atoms with Gasteiger partial charge >= 0.3 is 0 Å². The average Bonchev–Trinajstić information content (AvgIpc) is 3.21. The van der Waals surface area contributed by atoms with E-state index in [0.29, 0.717) is 19.7 Å². The van der Waals surface area contributed by atoms with Gasteiger partial charge in [-0.1, -0.05) is 0 Å². The smallest absolute Gasteiger partial charge is 0.234 e. The minimum atomic E-state index is -0.0322. The van der Waals surface area contributed by atoms with Gasteiger partial charge in [0.2, 0.25) is 5.91 Å². The number of ether oxygens (including phenoxy) is 3. The minimum absolute atomic E-state index is 0.0322. The highest BCUT2D eigenvalue weighted by Gasteiger charge is 2.22. The van der Waals surface area contributed by atoms with Crippen molar-refractivity contribution in [3.63, 3.8) is 0 Å². The molecule has 1 saturated heterocycles. The maximum atomic E-state index is 12.1. The van der Waals surface area contributed by atoms with E-state index in [-0.39, 0.29) is 18.1 Å². The highest BCUT2D eigenvalue weighted by molar-refractivity contribution is 5.78. The lowest BCUT2D eigenvalue weighted by atomic mass is 10.1. The summed E-state index contributed by atoms with van der Waals surface area (Å²) < 4.78 is 17.1. The van der Waals surface area contributed by atoms with Crippen molar-refractivity contribution in [3.8, 4) is 11.5 Å². The Balaban J connectivity index is 1.51. The van der Waals surface area contributed by atoms with E-state index in [1.807, 2.05) is 19.1 Å². The summed E-state index contributed by atoms with van der Waals surface area (Å²) in [5, 5.41) is 6.11. The molecule has 0 spiro atoms. The zero-order chi connectivity index (χ0) is 17.6. The number of hydrogen-bond donors (Lipinski definition) is 2. The second kappa shape index (κ2) is 8.54. The van der Waals surface area contributed by atoms with Gasteiger partial charge in [0.15, 0.2) is 0 Å². The van der Waals surface area contributed by atoms with Gasteiger partial charge in [-0.05, 0) is 38.8 Å². The van der Waals surface area contributed by atoms with Crippen LogP contribution in [-0.2, 0) is 22.5 Å². The quantitative estimate of drug-likeness (QED) is 0.750. The molecule has 0 aromatic heterocycles. The fraction of sp³-hybridized carbons (Fsp3) is 0.632. The Hall–Kier alpha value is -1.79. The standard InChI is InChI=1S/C19H28N2O4/c1-3-23-17-8-14-7-13(2)25-18(14)9-15(17)10-21-19(22)12-20-11-16-5-4-6-24-16/h8-9,13,16,20H,3-7,10-12H2,1-2H3,(H,21,22). The number of carbonyl (C=O) groups excluding carboxylic acids is 1. The Bertz CT molecular complexity index is 599. The van der Waals surface area contributed by atoms with E-state index in [1.165, 1.54) is 5.56 Å². The Morgan fingerprint density at radius 2 is 2.28 bits per heavy atom. The van der Waals surface area contributed by atoms with Crippen LogP contribution in [0.3, 0.4) is 0 Å². The molecule has 0 radical (unpaired) electrons. The topological polar surface area (TPSA) is 68.8 Å². The predicted molar refractivity (Wildman–Crippen MR) is 95.1 cm³/mol. The van der Waals surface area contributed by atoms with E-state index in [4.69, 9.17) is 14.2 Å². The van der Waals surface area contributed by atoms with Crippen LogP contribution in [0.1, 0.15) is 37.8 Å². The first-order valence-electron chi connectivity index (χ1n) is 9.20. The monoisotopic (exact) mass is 348 g/mol. The van der Waals surface area contributed by atoms with Crippen LogP contribution in [0.5, 0.6) is 11.5 Å². The van der Waals surface area contributed by atoms with Gasteiger partial charge in [0, 0.05) is 37.2 Å². The summed E-state index contributed by atoms with van der Waals surface area (Å²) in [4.78, 5) is 12.1. The van der Waals surface area contributed by atoms with E-state index >= 15 is 0 Å². The van der Waals surface area contributed by atoms with Crippen molar-refractivity contribution in [2.24, 2.45) is 0 Å². The van der Waals surface area contributed by atoms with E-state index < -0.39 is 0 Å². The summed E-state index contributed by atoms with van der Waals surface area (Å²) in [7, 11) is 0. The van der Waals surface area contributed by atoms with Crippen molar-refractivity contribution in [1.29, 1.82) is 0 Å². The number of fused-ring (bicyclic) bond motifs is 1. The summed E-state index contributed by atoms with van der Waals surface area (Å²) in [6.45, 7) is 6.90. The first-order chi connectivity index (χ1) is 12.2. The number of amides is 1. The third kappa shape index (κ3) is 4.86. The highest BCUT2D eigenvalue weighted by atomic mass is 16.5. The Morgan fingerprint density at radius 1 is 1.40 bits per heavy atom. The van der Waals surface area contributed by atoms with E-state index in [9.17, 15) is 4.79 Å². The molecule has 25 heavy (non-hydrogen) atoms. The number of benzene rings is 1. The van der Waals surface area contributed by atoms with Crippen LogP contribution in [0.25, 0.3) is 0 Å². The van der Waals surface area contributed by atoms with Crippen LogP contribution < -0.4 is 20.1 Å². The molecule has 2 aliphatic heterocycles. The maximum Gasteiger partial charge on any atom is 0.234 e. The predicted octanol–water partition coefficient (Wildman–Crippen LogP) is 1.79. The third-order valence-electron chi connectivity index (χ3n) is 4.54. The van der Waals surface area contributed by atoms with Gasteiger partial charge in [0.25, 0.3) is 0 Å². The van der Waals surface area contributed by atoms with Gasteiger partial charge < -0.3 is 24.8 Å². The fourth-order valence-corrected chi connectivity index (χ4v) is 3.32. The number of carbonyl (C=O) groups is 1. The molecular formula is C19H28N2O4. The number of hydrogen-bond acceptors (Lipinski definition) is 5. The lowest BCUT2D eigenvalue weighted by Gasteiger charge is -2.14. The summed E-state index contributed by atoms with van der Waals surface area (Å²) in [5.41, 5.74) is 2.12. The van der Waals surface area contributed by atoms with Crippen molar-refractivity contribution < 1.29 is 19.0 Å². The Labute approximate surface area is 149 Å². The maximum absolute atomic E-state index is 12.1. The molecule has 0 bridgehead atoms. The molecule has 0 saturated carbocycles. The lowest BCUT2D eigenvalue weighted by molar-refractivity contribution is -0.120. The fourth-order valence-electron chi connectivity index (χ4n) is 3.32. The zero-order valence-corrected chi connectivity index (χ0v) is 15.1. The van der Waals surface area contributed by atoms with Crippen LogP contribution in [0.2, 0.25) is 0 Å². The third-order valence-corrected chi connectivity index (χ3v) is 4.54. The Kier molecular flexibility index (Phi) is 6.15. The van der Waals surface area contributed by atoms with Crippen molar-refractivity contribution >= 4 is 5.91 Å². The molecular weight excluding hydrogens is 320 g/mol. The van der Waals surface area contributed by atoms with Gasteiger partial charge in [-0.3, -0.25) is 4.79 Å². The molecule has 6 heteroatoms. The van der Waals surface area contributed by atoms with Crippen molar-refractivity contribution in [2.45, 2.75) is 51.9 Å². The van der Waals surface area contributed by atoms with Crippen LogP contribution in [0.15, 0.2) is 12.1 Å². The van der Waals surface area contributed by atoms with Gasteiger partial charge in [0.1, 0.15) is 17.6 Å². The molecule has 1 aromatic carbocycles. The van der Waals surface area contributed by atoms with Gasteiger partial charge in [-0.15, -0.1) is 0 Å². The summed E-state index contributed by atoms with van der Waals surface area (Å²) in [6.07, 6.45) is 3.51. The molecule has 3 rings (SSSR count). The average molecular weight is 348 g/mol. The molecule has 2 unspecified atom stereocenters. The molecule has 2 N–H and O–H groups in total. The molecule has 2 atom stereocenters. The minimum Gasteiger partial charge on any atom is -0.494 e. The summed E-state index contributed by atoms with van der Waals surface area (Å²) >= 11 is 0. The molecule has 2 heterocycles. The zero-order valence-electron chi connectivity index (χ0n) is 15.1. The number of rotatable bonds is 8. The highest BCUT2D eigenvalue weighted by Crippen LogP contribution is 2.35. The van der Waals surface area contributed by atoms with Gasteiger partial charge in [-0.25, -0.2) is 0 Å². The van der Waals surface area contributed by atoms with Crippen LogP contribution in [-0.4, -0.2) is 44.4 Å². The van der Waals surface area contributed by atoms with E-state index in [1.54, 1.807) is 0 Å². The van der Waals surface area contributed by atoms with Crippen molar-refractivity contribution in [3.05, 3.63) is 23.3 Å². The molecule has 138 valence electrons. The largest absolute Gasteiger partial charge is 0.494 e. The second-order valence-electron chi connectivity index (χ2n) is 6.68. The van der Waals surface area contributed by atoms with Gasteiger partial charge in [-0.2, -0.15) is 0 Å². The van der Waals surface area contributed by atoms with Crippen LogP contribution >= 0.6 is 0 Å². The van der Waals surface area contributed by atoms with Crippen molar-refractivity contribution in [1.82, 2.24) is 10.6 Å². The van der Waals surface area contributed by atoms with Gasteiger partial charge in [0.05, 0.1) is 19.3 Å². The van der Waals surface area contributed by atoms with E-state index in [2.05, 4.69) is 17.6 Å². The first-order valence-corrected chi connectivity index (χ1v) is 9.20. The molecule has 1 amide bonds. The molecule has 6 nitrogen and oxygen atoms in total. The lowest BCUT2D eigenvalue weighted by Crippen LogP contribution is -2.37. The van der Waals surface area contributed by atoms with Crippen LogP contribution in [0, 0.1) is 0 Å². The number of nitrogens with one attached hydrogen (secondary N) is 2. The van der Waals surface area contributed by atoms with Crippen molar-refractivity contribution in [2.75, 3.05) is 26.3 Å². The molecule has 1 aromatic rings. The summed E-state index contributed by atoms with van der Waals surface area (Å²) in [6, 6.07) is 4.03.